The maximum atomic E-state index is 13.3. The van der Waals surface area contributed by atoms with Crippen LogP contribution in [0, 0.1) is 19.3 Å². The highest BCUT2D eigenvalue weighted by Gasteiger charge is 2.39. The van der Waals surface area contributed by atoms with Gasteiger partial charge in [-0.15, -0.1) is 6.42 Å². The van der Waals surface area contributed by atoms with Crippen LogP contribution in [0.1, 0.15) is 64.6 Å². The monoisotopic (exact) mass is 327 g/mol. The Balaban J connectivity index is 2.07. The second-order valence-electron chi connectivity index (χ2n) is 7.41. The van der Waals surface area contributed by atoms with Crippen LogP contribution in [-0.2, 0) is 11.8 Å². The molecule has 2 heteroatoms. The number of ketones is 1. The number of aryl methyl sites for hydroxylation is 2. The van der Waals surface area contributed by atoms with E-state index >= 15 is 0 Å². The molecular weight excluding hydrogens is 306 g/mol. The van der Waals surface area contributed by atoms with Gasteiger partial charge in [0.05, 0.1) is 5.56 Å². The normalized spacial score (nSPS) is 14.9. The van der Waals surface area contributed by atoms with Crippen molar-refractivity contribution in [2.24, 2.45) is 0 Å². The fraction of sp³-hybridized carbons (Fsp3) is 0.261. The third-order valence-electron chi connectivity index (χ3n) is 5.59. The van der Waals surface area contributed by atoms with Crippen molar-refractivity contribution in [3.05, 3.63) is 69.4 Å². The van der Waals surface area contributed by atoms with Gasteiger partial charge in [-0.1, -0.05) is 38.8 Å². The highest BCUT2D eigenvalue weighted by atomic mass is 16.1. The van der Waals surface area contributed by atoms with Crippen molar-refractivity contribution in [3.63, 3.8) is 0 Å². The average Bonchev–Trinajstić information content (AvgIpc) is 2.99. The predicted octanol–water partition coefficient (Wildman–Crippen LogP) is 4.89. The van der Waals surface area contributed by atoms with Crippen molar-refractivity contribution in [1.82, 2.24) is 4.98 Å². The molecule has 1 aromatic heterocycles. The van der Waals surface area contributed by atoms with Crippen molar-refractivity contribution in [1.29, 1.82) is 0 Å². The molecule has 4 rings (SSSR count). The first-order valence-electron chi connectivity index (χ1n) is 8.70. The molecule has 0 amide bonds. The van der Waals surface area contributed by atoms with Gasteiger partial charge in [-0.3, -0.25) is 4.79 Å². The molecule has 124 valence electrons. The van der Waals surface area contributed by atoms with Crippen LogP contribution in [0.2, 0.25) is 0 Å². The average molecular weight is 327 g/mol. The molecule has 0 aliphatic heterocycles. The van der Waals surface area contributed by atoms with Gasteiger partial charge in [0.25, 0.3) is 0 Å². The number of aromatic amines is 1. The maximum absolute atomic E-state index is 13.3. The van der Waals surface area contributed by atoms with E-state index in [0.29, 0.717) is 0 Å². The minimum Gasteiger partial charge on any atom is -0.357 e. The fourth-order valence-electron chi connectivity index (χ4n) is 4.10. The summed E-state index contributed by atoms with van der Waals surface area (Å²) in [4.78, 5) is 16.8. The molecule has 0 unspecified atom stereocenters. The summed E-state index contributed by atoms with van der Waals surface area (Å²) in [5.74, 6) is 2.78. The van der Waals surface area contributed by atoms with Crippen molar-refractivity contribution in [2.75, 3.05) is 0 Å². The molecule has 0 saturated carbocycles. The van der Waals surface area contributed by atoms with Gasteiger partial charge in [-0.05, 0) is 48.2 Å². The second-order valence-corrected chi connectivity index (χ2v) is 7.41. The van der Waals surface area contributed by atoms with Crippen molar-refractivity contribution in [2.45, 2.75) is 39.5 Å². The zero-order valence-electron chi connectivity index (χ0n) is 15.1. The Morgan fingerprint density at radius 2 is 1.96 bits per heavy atom. The van der Waals surface area contributed by atoms with Gasteiger partial charge in [0, 0.05) is 33.1 Å². The molecule has 2 aromatic carbocycles. The third kappa shape index (κ3) is 2.02. The Bertz CT molecular complexity index is 1090. The number of H-pyrrole nitrogens is 1. The van der Waals surface area contributed by atoms with E-state index in [1.54, 1.807) is 0 Å². The number of benzene rings is 2. The molecule has 3 aromatic rings. The van der Waals surface area contributed by atoms with Crippen LogP contribution in [0.5, 0.6) is 0 Å². The first kappa shape index (κ1) is 15.7. The van der Waals surface area contributed by atoms with E-state index in [0.717, 1.165) is 45.3 Å². The SMILES string of the molecule is C#Cc1ccc2c3c([nH]c2c1)C(C)(C)c1cc(C)c(CC)cc1C3=O. The zero-order valence-corrected chi connectivity index (χ0v) is 15.1. The van der Waals surface area contributed by atoms with Gasteiger partial charge in [-0.2, -0.15) is 0 Å². The van der Waals surface area contributed by atoms with Crippen molar-refractivity contribution >= 4 is 16.7 Å². The number of carbonyl (C=O) groups excluding carboxylic acids is 1. The molecule has 2 nitrogen and oxygen atoms in total. The smallest absolute Gasteiger partial charge is 0.195 e. The van der Waals surface area contributed by atoms with E-state index in [4.69, 9.17) is 6.42 Å². The van der Waals surface area contributed by atoms with Crippen molar-refractivity contribution in [3.8, 4) is 12.3 Å². The molecule has 0 atom stereocenters. The third-order valence-corrected chi connectivity index (χ3v) is 5.59. The molecule has 0 spiro atoms. The predicted molar refractivity (Wildman–Crippen MR) is 102 cm³/mol. The lowest BCUT2D eigenvalue weighted by Gasteiger charge is -2.33. The maximum Gasteiger partial charge on any atom is 0.195 e. The second kappa shape index (κ2) is 5.10. The quantitative estimate of drug-likeness (QED) is 0.634. The molecule has 0 saturated heterocycles. The Labute approximate surface area is 148 Å². The van der Waals surface area contributed by atoms with E-state index in [1.807, 2.05) is 18.2 Å². The van der Waals surface area contributed by atoms with Crippen molar-refractivity contribution < 1.29 is 4.79 Å². The molecule has 0 radical (unpaired) electrons. The van der Waals surface area contributed by atoms with E-state index in [1.165, 1.54) is 11.1 Å². The van der Waals surface area contributed by atoms with Gasteiger partial charge in [-0.25, -0.2) is 0 Å². The van der Waals surface area contributed by atoms with Gasteiger partial charge in [0.1, 0.15) is 0 Å². The Kier molecular flexibility index (Phi) is 3.21. The zero-order chi connectivity index (χ0) is 17.9. The Morgan fingerprint density at radius 1 is 1.20 bits per heavy atom. The molecule has 0 bridgehead atoms. The summed E-state index contributed by atoms with van der Waals surface area (Å²) in [5.41, 5.74) is 7.69. The van der Waals surface area contributed by atoms with Gasteiger partial charge in [0.2, 0.25) is 0 Å². The molecule has 1 heterocycles. The summed E-state index contributed by atoms with van der Waals surface area (Å²) in [7, 11) is 0. The Morgan fingerprint density at radius 3 is 2.64 bits per heavy atom. The molecule has 1 aliphatic rings. The van der Waals surface area contributed by atoms with Crippen LogP contribution in [0.25, 0.3) is 10.9 Å². The molecule has 0 fully saturated rings. The number of terminal acetylenes is 1. The number of fused-ring (bicyclic) bond motifs is 4. The molecule has 25 heavy (non-hydrogen) atoms. The molecule has 1 N–H and O–H groups in total. The van der Waals surface area contributed by atoms with E-state index in [9.17, 15) is 4.79 Å². The summed E-state index contributed by atoms with van der Waals surface area (Å²) in [6, 6.07) is 10.1. The van der Waals surface area contributed by atoms with Crippen LogP contribution < -0.4 is 0 Å². The number of carbonyl (C=O) groups is 1. The number of hydrogen-bond acceptors (Lipinski definition) is 1. The summed E-state index contributed by atoms with van der Waals surface area (Å²) in [5, 5.41) is 0.955. The van der Waals surface area contributed by atoms with E-state index in [2.05, 4.69) is 50.7 Å². The van der Waals surface area contributed by atoms with Crippen LogP contribution >= 0.6 is 0 Å². The van der Waals surface area contributed by atoms with Crippen LogP contribution in [0.15, 0.2) is 30.3 Å². The standard InChI is InChI=1S/C23H21NO/c1-6-14-8-9-16-19(11-14)24-22-20(16)21(25)17-12-15(7-2)13(3)10-18(17)23(22,4)5/h1,8-12,24H,7H2,2-5H3. The minimum atomic E-state index is -0.259. The van der Waals surface area contributed by atoms with E-state index in [-0.39, 0.29) is 11.2 Å². The summed E-state index contributed by atoms with van der Waals surface area (Å²) < 4.78 is 0. The van der Waals surface area contributed by atoms with Gasteiger partial charge >= 0.3 is 0 Å². The number of hydrogen-bond donors (Lipinski definition) is 1. The number of rotatable bonds is 1. The van der Waals surface area contributed by atoms with E-state index < -0.39 is 0 Å². The van der Waals surface area contributed by atoms with Gasteiger partial charge in [0.15, 0.2) is 5.78 Å². The lowest BCUT2D eigenvalue weighted by molar-refractivity contribution is 0.103. The number of aromatic nitrogens is 1. The highest BCUT2D eigenvalue weighted by Crippen LogP contribution is 2.44. The Hall–Kier alpha value is -2.79. The first-order chi connectivity index (χ1) is 11.9. The largest absolute Gasteiger partial charge is 0.357 e. The van der Waals surface area contributed by atoms with Crippen LogP contribution in [-0.4, -0.2) is 10.8 Å². The summed E-state index contributed by atoms with van der Waals surface area (Å²) in [6.45, 7) is 8.62. The van der Waals surface area contributed by atoms with Gasteiger partial charge < -0.3 is 4.98 Å². The summed E-state index contributed by atoms with van der Waals surface area (Å²) >= 11 is 0. The molecule has 1 aliphatic carbocycles. The lowest BCUT2D eigenvalue weighted by atomic mass is 9.70. The first-order valence-corrected chi connectivity index (χ1v) is 8.70. The number of nitrogens with one attached hydrogen (secondary N) is 1. The highest BCUT2D eigenvalue weighted by molar-refractivity contribution is 6.20. The lowest BCUT2D eigenvalue weighted by Crippen LogP contribution is -2.30. The van der Waals surface area contributed by atoms with Crippen LogP contribution in [0.4, 0.5) is 0 Å². The minimum absolute atomic E-state index is 0.110. The fourth-order valence-corrected chi connectivity index (χ4v) is 4.10. The topological polar surface area (TPSA) is 32.9 Å². The summed E-state index contributed by atoms with van der Waals surface area (Å²) in [6.07, 6.45) is 6.46. The van der Waals surface area contributed by atoms with Crippen LogP contribution in [0.3, 0.4) is 0 Å². The molecular formula is C23H21NO.